The van der Waals surface area contributed by atoms with E-state index in [4.69, 9.17) is 5.73 Å². The lowest BCUT2D eigenvalue weighted by atomic mass is 10.2. The van der Waals surface area contributed by atoms with Crippen LogP contribution in [0.1, 0.15) is 5.56 Å². The van der Waals surface area contributed by atoms with Crippen molar-refractivity contribution < 1.29 is 16.8 Å². The molecule has 13 heavy (non-hydrogen) atoms. The van der Waals surface area contributed by atoms with Crippen molar-refractivity contribution in [3.8, 4) is 11.5 Å². The minimum Gasteiger partial charge on any atom is -0.396 e. The summed E-state index contributed by atoms with van der Waals surface area (Å²) in [4.78, 5) is 0. The van der Waals surface area contributed by atoms with Gasteiger partial charge < -0.3 is 14.1 Å². The van der Waals surface area contributed by atoms with E-state index in [1.807, 2.05) is 0 Å². The van der Waals surface area contributed by atoms with Gasteiger partial charge in [-0.1, -0.05) is 6.07 Å². The third-order valence-corrected chi connectivity index (χ3v) is 2.45. The molecule has 1 aromatic rings. The Hall–Kier alpha value is -1.43. The molecule has 0 atom stereocenters. The van der Waals surface area contributed by atoms with E-state index in [2.05, 4.69) is 8.37 Å². The number of anilines is 1. The van der Waals surface area contributed by atoms with Crippen LogP contribution in [0.15, 0.2) is 12.1 Å². The Labute approximate surface area is 75.4 Å². The second-order valence-corrected chi connectivity index (χ2v) is 3.85. The van der Waals surface area contributed by atoms with Gasteiger partial charge in [-0.15, -0.1) is 8.42 Å². The summed E-state index contributed by atoms with van der Waals surface area (Å²) < 4.78 is 30.9. The summed E-state index contributed by atoms with van der Waals surface area (Å²) in [6.07, 6.45) is 0. The lowest BCUT2D eigenvalue weighted by molar-refractivity contribution is 0.436. The summed E-state index contributed by atoms with van der Waals surface area (Å²) in [5.41, 5.74) is 6.42. The maximum absolute atomic E-state index is 10.9. The van der Waals surface area contributed by atoms with Crippen LogP contribution in [-0.2, 0) is 10.4 Å². The number of rotatable bonds is 0. The lowest BCUT2D eigenvalue weighted by Crippen LogP contribution is -2.08. The molecule has 0 saturated heterocycles. The molecule has 1 aliphatic heterocycles. The predicted octanol–water partition coefficient (Wildman–Crippen LogP) is 0.593. The molecule has 2 N–H and O–H groups in total. The number of hydrogen-bond donors (Lipinski definition) is 1. The Bertz CT molecular complexity index is 429. The van der Waals surface area contributed by atoms with Gasteiger partial charge in [0.2, 0.25) is 5.75 Å². The summed E-state index contributed by atoms with van der Waals surface area (Å²) in [5.74, 6) is 0.264. The molecule has 70 valence electrons. The van der Waals surface area contributed by atoms with E-state index in [1.165, 1.54) is 0 Å². The van der Waals surface area contributed by atoms with Gasteiger partial charge in [0, 0.05) is 0 Å². The molecule has 0 amide bonds. The molecule has 0 aromatic heterocycles. The molecule has 1 aliphatic rings. The number of hydrogen-bond acceptors (Lipinski definition) is 5. The molecule has 0 radical (unpaired) electrons. The molecule has 5 nitrogen and oxygen atoms in total. The summed E-state index contributed by atoms with van der Waals surface area (Å²) in [6.45, 7) is 1.71. The summed E-state index contributed by atoms with van der Waals surface area (Å²) >= 11 is 0. The van der Waals surface area contributed by atoms with Gasteiger partial charge >= 0.3 is 10.4 Å². The number of benzene rings is 1. The third-order valence-electron chi connectivity index (χ3n) is 1.71. The van der Waals surface area contributed by atoms with Gasteiger partial charge in [0.15, 0.2) is 5.75 Å². The first kappa shape index (κ1) is 8.18. The smallest absolute Gasteiger partial charge is 0.396 e. The van der Waals surface area contributed by atoms with Crippen LogP contribution < -0.4 is 14.1 Å². The quantitative estimate of drug-likeness (QED) is 0.621. The predicted molar refractivity (Wildman–Crippen MR) is 45.8 cm³/mol. The average Bonchev–Trinajstić information content (AvgIpc) is 2.35. The van der Waals surface area contributed by atoms with Crippen molar-refractivity contribution in [3.05, 3.63) is 17.7 Å². The molecule has 0 unspecified atom stereocenters. The highest BCUT2D eigenvalue weighted by Gasteiger charge is 2.31. The van der Waals surface area contributed by atoms with Crippen LogP contribution in [0.3, 0.4) is 0 Å². The van der Waals surface area contributed by atoms with Gasteiger partial charge in [-0.2, -0.15) is 0 Å². The molecular weight excluding hydrogens is 194 g/mol. The molecule has 0 spiro atoms. The maximum Gasteiger partial charge on any atom is 0.501 e. The molecule has 1 heterocycles. The summed E-state index contributed by atoms with van der Waals surface area (Å²) in [7, 11) is -3.93. The summed E-state index contributed by atoms with van der Waals surface area (Å²) in [6, 6.07) is 3.23. The number of nitrogens with two attached hydrogens (primary N) is 1. The largest absolute Gasteiger partial charge is 0.501 e. The van der Waals surface area contributed by atoms with E-state index in [-0.39, 0.29) is 17.2 Å². The van der Waals surface area contributed by atoms with Gasteiger partial charge in [-0.05, 0) is 18.6 Å². The molecule has 6 heteroatoms. The zero-order chi connectivity index (χ0) is 9.64. The number of aryl methyl sites for hydroxylation is 1. The highest BCUT2D eigenvalue weighted by molar-refractivity contribution is 7.82. The van der Waals surface area contributed by atoms with Crippen molar-refractivity contribution in [1.29, 1.82) is 0 Å². The van der Waals surface area contributed by atoms with Crippen LogP contribution >= 0.6 is 0 Å². The van der Waals surface area contributed by atoms with E-state index in [9.17, 15) is 8.42 Å². The SMILES string of the molecule is Cc1ccc(N)c2c1OS(=O)(=O)O2. The fourth-order valence-electron chi connectivity index (χ4n) is 1.09. The van der Waals surface area contributed by atoms with Crippen molar-refractivity contribution in [1.82, 2.24) is 0 Å². The Kier molecular flexibility index (Phi) is 1.44. The van der Waals surface area contributed by atoms with Crippen molar-refractivity contribution >= 4 is 16.1 Å². The van der Waals surface area contributed by atoms with Crippen LogP contribution in [0.2, 0.25) is 0 Å². The Balaban J connectivity index is 2.69. The Morgan fingerprint density at radius 2 is 1.85 bits per heavy atom. The first-order valence-corrected chi connectivity index (χ1v) is 4.86. The fourth-order valence-corrected chi connectivity index (χ4v) is 1.91. The van der Waals surface area contributed by atoms with Gasteiger partial charge in [-0.25, -0.2) is 0 Å². The normalized spacial score (nSPS) is 17.3. The molecule has 0 saturated carbocycles. The minimum absolute atomic E-state index is 0.0833. The van der Waals surface area contributed by atoms with E-state index in [0.29, 0.717) is 5.56 Å². The molecule has 0 bridgehead atoms. The molecule has 2 rings (SSSR count). The van der Waals surface area contributed by atoms with Crippen LogP contribution in [0.5, 0.6) is 11.5 Å². The van der Waals surface area contributed by atoms with Crippen molar-refractivity contribution in [3.63, 3.8) is 0 Å². The van der Waals surface area contributed by atoms with E-state index in [0.717, 1.165) is 0 Å². The van der Waals surface area contributed by atoms with Crippen LogP contribution in [0.25, 0.3) is 0 Å². The van der Waals surface area contributed by atoms with E-state index in [1.54, 1.807) is 19.1 Å². The van der Waals surface area contributed by atoms with Gasteiger partial charge in [0.05, 0.1) is 5.69 Å². The molecule has 0 fully saturated rings. The van der Waals surface area contributed by atoms with Crippen LogP contribution in [0, 0.1) is 6.92 Å². The second kappa shape index (κ2) is 2.29. The van der Waals surface area contributed by atoms with Crippen molar-refractivity contribution in [2.75, 3.05) is 5.73 Å². The van der Waals surface area contributed by atoms with Crippen LogP contribution in [-0.4, -0.2) is 8.42 Å². The molecule has 1 aromatic carbocycles. The van der Waals surface area contributed by atoms with Gasteiger partial charge in [0.1, 0.15) is 0 Å². The second-order valence-electron chi connectivity index (χ2n) is 2.70. The van der Waals surface area contributed by atoms with Gasteiger partial charge in [0.25, 0.3) is 0 Å². The maximum atomic E-state index is 10.9. The monoisotopic (exact) mass is 201 g/mol. The van der Waals surface area contributed by atoms with Gasteiger partial charge in [-0.3, -0.25) is 0 Å². The Morgan fingerprint density at radius 3 is 2.46 bits per heavy atom. The lowest BCUT2D eigenvalue weighted by Gasteiger charge is -1.99. The fraction of sp³-hybridized carbons (Fsp3) is 0.143. The Morgan fingerprint density at radius 1 is 1.23 bits per heavy atom. The highest BCUT2D eigenvalue weighted by atomic mass is 32.3. The van der Waals surface area contributed by atoms with Crippen molar-refractivity contribution in [2.45, 2.75) is 6.92 Å². The highest BCUT2D eigenvalue weighted by Crippen LogP contribution is 2.42. The minimum atomic E-state index is -3.93. The first-order chi connectivity index (χ1) is 5.99. The first-order valence-electron chi connectivity index (χ1n) is 3.52. The van der Waals surface area contributed by atoms with E-state index >= 15 is 0 Å². The van der Waals surface area contributed by atoms with Crippen LogP contribution in [0.4, 0.5) is 5.69 Å². The van der Waals surface area contributed by atoms with E-state index < -0.39 is 10.4 Å². The third kappa shape index (κ3) is 1.19. The zero-order valence-corrected chi connectivity index (χ0v) is 7.59. The number of fused-ring (bicyclic) bond motifs is 1. The standard InChI is InChI=1S/C7H7NO4S/c1-4-2-3-5(8)7-6(4)11-13(9,10)12-7/h2-3H,8H2,1H3. The molecular formula is C7H7NO4S. The zero-order valence-electron chi connectivity index (χ0n) is 6.77. The average molecular weight is 201 g/mol. The molecule has 0 aliphatic carbocycles. The number of nitrogen functional groups attached to an aromatic ring is 1. The van der Waals surface area contributed by atoms with Crippen molar-refractivity contribution in [2.24, 2.45) is 0 Å². The topological polar surface area (TPSA) is 78.6 Å². The summed E-state index contributed by atoms with van der Waals surface area (Å²) in [5, 5.41) is 0.